The molecule has 20 heavy (non-hydrogen) atoms. The van der Waals surface area contributed by atoms with E-state index in [0.717, 1.165) is 6.07 Å². The van der Waals surface area contributed by atoms with Crippen LogP contribution in [-0.2, 0) is 0 Å². The Morgan fingerprint density at radius 2 is 2.05 bits per heavy atom. The summed E-state index contributed by atoms with van der Waals surface area (Å²) in [5, 5.41) is 11.6. The molecular formula is C14H7BrClFN2O. The second kappa shape index (κ2) is 6.04. The van der Waals surface area contributed by atoms with E-state index in [1.807, 2.05) is 6.07 Å². The topological polar surface area (TPSA) is 52.9 Å². The maximum atomic E-state index is 13.4. The largest absolute Gasteiger partial charge is 0.322 e. The lowest BCUT2D eigenvalue weighted by Crippen LogP contribution is -2.12. The molecule has 0 saturated carbocycles. The van der Waals surface area contributed by atoms with Crippen LogP contribution < -0.4 is 5.32 Å². The summed E-state index contributed by atoms with van der Waals surface area (Å²) in [6.45, 7) is 0. The van der Waals surface area contributed by atoms with Gasteiger partial charge in [0.1, 0.15) is 11.9 Å². The first-order valence-electron chi connectivity index (χ1n) is 5.47. The number of carbonyl (C=O) groups is 1. The first-order valence-corrected chi connectivity index (χ1v) is 6.64. The first-order chi connectivity index (χ1) is 9.51. The molecule has 0 heterocycles. The number of nitriles is 1. The third kappa shape index (κ3) is 3.16. The van der Waals surface area contributed by atoms with E-state index in [2.05, 4.69) is 21.2 Å². The minimum absolute atomic E-state index is 0.186. The highest BCUT2D eigenvalue weighted by atomic mass is 79.9. The van der Waals surface area contributed by atoms with Crippen molar-refractivity contribution >= 4 is 39.1 Å². The highest BCUT2D eigenvalue weighted by Crippen LogP contribution is 2.21. The fourth-order valence-corrected chi connectivity index (χ4v) is 1.99. The standard InChI is InChI=1S/C14H7BrClFN2O/c15-11-4-2-8(5-13(11)17)14(20)19-10-3-1-9(7-18)12(16)6-10/h1-6H,(H,19,20). The summed E-state index contributed by atoms with van der Waals surface area (Å²) in [5.41, 5.74) is 0.938. The molecule has 0 aliphatic rings. The maximum Gasteiger partial charge on any atom is 0.255 e. The van der Waals surface area contributed by atoms with Gasteiger partial charge in [-0.15, -0.1) is 0 Å². The van der Waals surface area contributed by atoms with Crippen LogP contribution in [0.15, 0.2) is 40.9 Å². The zero-order chi connectivity index (χ0) is 14.7. The van der Waals surface area contributed by atoms with E-state index in [1.165, 1.54) is 24.3 Å². The minimum atomic E-state index is -0.518. The summed E-state index contributed by atoms with van der Waals surface area (Å²) in [6.07, 6.45) is 0. The lowest BCUT2D eigenvalue weighted by atomic mass is 10.2. The highest BCUT2D eigenvalue weighted by molar-refractivity contribution is 9.10. The number of nitrogens with zero attached hydrogens (tertiary/aromatic N) is 1. The number of benzene rings is 2. The molecule has 2 aromatic carbocycles. The van der Waals surface area contributed by atoms with Gasteiger partial charge in [0.2, 0.25) is 0 Å². The minimum Gasteiger partial charge on any atom is -0.322 e. The van der Waals surface area contributed by atoms with Crippen LogP contribution in [0.3, 0.4) is 0 Å². The Morgan fingerprint density at radius 3 is 2.65 bits per heavy atom. The van der Waals surface area contributed by atoms with Gasteiger partial charge in [-0.25, -0.2) is 4.39 Å². The van der Waals surface area contributed by atoms with Crippen LogP contribution in [0.5, 0.6) is 0 Å². The molecule has 2 rings (SSSR count). The van der Waals surface area contributed by atoms with Gasteiger partial charge in [-0.05, 0) is 52.3 Å². The van der Waals surface area contributed by atoms with Gasteiger partial charge in [0.25, 0.3) is 5.91 Å². The smallest absolute Gasteiger partial charge is 0.255 e. The van der Waals surface area contributed by atoms with E-state index < -0.39 is 11.7 Å². The van der Waals surface area contributed by atoms with E-state index in [9.17, 15) is 9.18 Å². The molecule has 1 N–H and O–H groups in total. The van der Waals surface area contributed by atoms with E-state index in [-0.39, 0.29) is 15.1 Å². The number of amides is 1. The number of nitrogens with one attached hydrogen (secondary N) is 1. The number of carbonyl (C=O) groups excluding carboxylic acids is 1. The Kier molecular flexibility index (Phi) is 4.38. The van der Waals surface area contributed by atoms with Crippen LogP contribution in [0.4, 0.5) is 10.1 Å². The highest BCUT2D eigenvalue weighted by Gasteiger charge is 2.10. The summed E-state index contributed by atoms with van der Waals surface area (Å²) in [5.74, 6) is -0.979. The van der Waals surface area contributed by atoms with E-state index in [4.69, 9.17) is 16.9 Å². The summed E-state index contributed by atoms with van der Waals surface area (Å²) in [4.78, 5) is 11.9. The SMILES string of the molecule is N#Cc1ccc(NC(=O)c2ccc(Br)c(F)c2)cc1Cl. The molecule has 3 nitrogen and oxygen atoms in total. The second-order valence-electron chi connectivity index (χ2n) is 3.89. The fraction of sp³-hybridized carbons (Fsp3) is 0. The van der Waals surface area contributed by atoms with Crippen molar-refractivity contribution in [2.45, 2.75) is 0 Å². The van der Waals surface area contributed by atoms with Gasteiger partial charge >= 0.3 is 0 Å². The number of rotatable bonds is 2. The fourth-order valence-electron chi connectivity index (χ4n) is 1.52. The lowest BCUT2D eigenvalue weighted by Gasteiger charge is -2.07. The molecule has 0 aliphatic heterocycles. The monoisotopic (exact) mass is 352 g/mol. The van der Waals surface area contributed by atoms with Gasteiger partial charge in [-0.1, -0.05) is 11.6 Å². The van der Waals surface area contributed by atoms with Crippen molar-refractivity contribution in [3.8, 4) is 6.07 Å². The van der Waals surface area contributed by atoms with Crippen molar-refractivity contribution in [1.29, 1.82) is 5.26 Å². The average molecular weight is 354 g/mol. The molecule has 1 amide bonds. The molecule has 6 heteroatoms. The third-order valence-corrected chi connectivity index (χ3v) is 3.49. The summed E-state index contributed by atoms with van der Waals surface area (Å²) in [7, 11) is 0. The molecule has 100 valence electrons. The van der Waals surface area contributed by atoms with Gasteiger partial charge < -0.3 is 5.32 Å². The van der Waals surface area contributed by atoms with Crippen LogP contribution in [0.25, 0.3) is 0 Å². The van der Waals surface area contributed by atoms with Crippen LogP contribution in [0, 0.1) is 17.1 Å². The Labute approximate surface area is 128 Å². The predicted molar refractivity (Wildman–Crippen MR) is 78.2 cm³/mol. The van der Waals surface area contributed by atoms with Crippen molar-refractivity contribution < 1.29 is 9.18 Å². The van der Waals surface area contributed by atoms with Crippen molar-refractivity contribution in [3.05, 3.63) is 62.8 Å². The van der Waals surface area contributed by atoms with E-state index >= 15 is 0 Å². The normalized spacial score (nSPS) is 9.90. The van der Waals surface area contributed by atoms with Crippen LogP contribution >= 0.6 is 27.5 Å². The molecule has 0 unspecified atom stereocenters. The van der Waals surface area contributed by atoms with Crippen molar-refractivity contribution in [2.24, 2.45) is 0 Å². The lowest BCUT2D eigenvalue weighted by molar-refractivity contribution is 0.102. The predicted octanol–water partition coefficient (Wildman–Crippen LogP) is 4.37. The molecule has 0 aromatic heterocycles. The maximum absolute atomic E-state index is 13.4. The van der Waals surface area contributed by atoms with E-state index in [0.29, 0.717) is 11.3 Å². The van der Waals surface area contributed by atoms with Crippen LogP contribution in [-0.4, -0.2) is 5.91 Å². The van der Waals surface area contributed by atoms with Gasteiger partial charge in [-0.3, -0.25) is 4.79 Å². The van der Waals surface area contributed by atoms with Crippen molar-refractivity contribution in [3.63, 3.8) is 0 Å². The van der Waals surface area contributed by atoms with Crippen LogP contribution in [0.2, 0.25) is 5.02 Å². The van der Waals surface area contributed by atoms with Crippen molar-refractivity contribution in [1.82, 2.24) is 0 Å². The van der Waals surface area contributed by atoms with Gasteiger partial charge in [0.15, 0.2) is 0 Å². The summed E-state index contributed by atoms with van der Waals surface area (Å²) < 4.78 is 13.6. The Bertz CT molecular complexity index is 728. The molecule has 0 bridgehead atoms. The number of halogens is 3. The molecule has 0 spiro atoms. The summed E-state index contributed by atoms with van der Waals surface area (Å²) >= 11 is 8.88. The summed E-state index contributed by atoms with van der Waals surface area (Å²) in [6, 6.07) is 10.5. The Balaban J connectivity index is 2.21. The van der Waals surface area contributed by atoms with Gasteiger partial charge in [0.05, 0.1) is 15.1 Å². The first kappa shape index (κ1) is 14.5. The zero-order valence-corrected chi connectivity index (χ0v) is 12.3. The average Bonchev–Trinajstić information content (AvgIpc) is 2.42. The van der Waals surface area contributed by atoms with Gasteiger partial charge in [-0.2, -0.15) is 5.26 Å². The number of anilines is 1. The Morgan fingerprint density at radius 1 is 1.30 bits per heavy atom. The second-order valence-corrected chi connectivity index (χ2v) is 5.15. The number of hydrogen-bond acceptors (Lipinski definition) is 2. The molecule has 2 aromatic rings. The zero-order valence-electron chi connectivity index (χ0n) is 9.95. The quantitative estimate of drug-likeness (QED) is 0.872. The third-order valence-electron chi connectivity index (χ3n) is 2.53. The Hall–Kier alpha value is -1.90. The molecule has 0 radical (unpaired) electrons. The molecule has 0 atom stereocenters. The van der Waals surface area contributed by atoms with Crippen LogP contribution in [0.1, 0.15) is 15.9 Å². The number of hydrogen-bond donors (Lipinski definition) is 1. The van der Waals surface area contributed by atoms with E-state index in [1.54, 1.807) is 6.07 Å². The molecule has 0 aliphatic carbocycles. The molecule has 0 fully saturated rings. The molecular weight excluding hydrogens is 347 g/mol. The van der Waals surface area contributed by atoms with Crippen molar-refractivity contribution in [2.75, 3.05) is 5.32 Å². The van der Waals surface area contributed by atoms with Gasteiger partial charge in [0, 0.05) is 11.3 Å². The molecule has 0 saturated heterocycles.